The van der Waals surface area contributed by atoms with E-state index in [0.717, 1.165) is 47.0 Å². The first-order valence-corrected chi connectivity index (χ1v) is 19.7. The summed E-state index contributed by atoms with van der Waals surface area (Å²) in [6, 6.07) is 0. The molecule has 0 aromatic heterocycles. The van der Waals surface area contributed by atoms with Crippen LogP contribution in [0.15, 0.2) is 11.1 Å². The minimum absolute atomic E-state index is 0.475. The van der Waals surface area contributed by atoms with E-state index in [0.29, 0.717) is 19.3 Å². The van der Waals surface area contributed by atoms with Crippen molar-refractivity contribution in [2.75, 3.05) is 21.3 Å². The van der Waals surface area contributed by atoms with Crippen LogP contribution in [0.5, 0.6) is 0 Å². The molecule has 0 fully saturated rings. The topological polar surface area (TPSA) is 156 Å². The third-order valence-corrected chi connectivity index (χ3v) is 12.2. The Kier molecular flexibility index (Phi) is 28.7. The van der Waals surface area contributed by atoms with Crippen molar-refractivity contribution in [2.45, 2.75) is 45.0 Å². The summed E-state index contributed by atoms with van der Waals surface area (Å²) in [6.45, 7) is 0. The molecule has 0 saturated heterocycles. The average molecular weight is 1020 g/mol. The molecule has 18 heteroatoms. The fraction of sp³-hybridized carbons (Fsp3) is 0.857. The summed E-state index contributed by atoms with van der Waals surface area (Å²) in [4.78, 5) is 45.0. The van der Waals surface area contributed by atoms with Crippen LogP contribution in [0, 0.1) is 0 Å². The minimum Gasteiger partial charge on any atom is -0.303 e. The highest BCUT2D eigenvalue weighted by Gasteiger charge is 2.19. The van der Waals surface area contributed by atoms with Crippen LogP contribution in [0.3, 0.4) is 0 Å². The molecule has 0 saturated carbocycles. The van der Waals surface area contributed by atoms with Gasteiger partial charge >= 0.3 is 15.6 Å². The van der Waals surface area contributed by atoms with Gasteiger partial charge in [0.25, 0.3) is 0 Å². The molecule has 0 aliphatic carbocycles. The summed E-state index contributed by atoms with van der Waals surface area (Å²) in [5, 5.41) is 3.88. The summed E-state index contributed by atoms with van der Waals surface area (Å²) < 4.78 is 17.8. The normalized spacial score (nSPS) is 15.3. The van der Waals surface area contributed by atoms with E-state index in [4.69, 9.17) is 38.5 Å². The van der Waals surface area contributed by atoms with Crippen molar-refractivity contribution in [2.24, 2.45) is 0 Å². The molecule has 0 heterocycles. The SMILES string of the molecule is BrCC(Br)CC(CC(Br)CBr)=C(CC(Br)CBr)CC(Br)CBr.O=P(O)(O)O.O=P(O)(O)O. The van der Waals surface area contributed by atoms with Crippen LogP contribution in [-0.2, 0) is 9.13 Å². The lowest BCUT2D eigenvalue weighted by Gasteiger charge is -2.22. The second kappa shape index (κ2) is 22.8. The average Bonchev–Trinajstić information content (AvgIpc) is 2.63. The first kappa shape index (κ1) is 40.3. The predicted octanol–water partition coefficient (Wildman–Crippen LogP) is 6.62. The van der Waals surface area contributed by atoms with Crippen LogP contribution in [0.25, 0.3) is 0 Å². The van der Waals surface area contributed by atoms with Crippen molar-refractivity contribution in [1.29, 1.82) is 0 Å². The molecule has 196 valence electrons. The van der Waals surface area contributed by atoms with Crippen molar-refractivity contribution in [3.63, 3.8) is 0 Å². The maximum Gasteiger partial charge on any atom is 0.466 e. The van der Waals surface area contributed by atoms with Crippen molar-refractivity contribution in [3.05, 3.63) is 11.1 Å². The highest BCUT2D eigenvalue weighted by molar-refractivity contribution is 9.13. The van der Waals surface area contributed by atoms with Gasteiger partial charge in [0.05, 0.1) is 0 Å². The monoisotopic (exact) mass is 1020 g/mol. The number of hydrogen-bond donors (Lipinski definition) is 6. The van der Waals surface area contributed by atoms with E-state index in [1.165, 1.54) is 0 Å². The van der Waals surface area contributed by atoms with Gasteiger partial charge in [-0.05, 0) is 25.7 Å². The van der Waals surface area contributed by atoms with Crippen molar-refractivity contribution in [1.82, 2.24) is 0 Å². The molecule has 0 radical (unpaired) electrons. The summed E-state index contributed by atoms with van der Waals surface area (Å²) in [7, 11) is -9.28. The fourth-order valence-corrected chi connectivity index (χ4v) is 4.51. The van der Waals surface area contributed by atoms with Gasteiger partial charge in [-0.3, -0.25) is 0 Å². The van der Waals surface area contributed by atoms with E-state index >= 15 is 0 Å². The molecule has 4 atom stereocenters. The second-order valence-electron chi connectivity index (χ2n) is 6.06. The van der Waals surface area contributed by atoms with E-state index in [-0.39, 0.29) is 0 Å². The predicted molar refractivity (Wildman–Crippen MR) is 160 cm³/mol. The zero-order valence-electron chi connectivity index (χ0n) is 16.4. The van der Waals surface area contributed by atoms with E-state index < -0.39 is 15.6 Å². The lowest BCUT2D eigenvalue weighted by molar-refractivity contribution is 0.272. The molecule has 4 unspecified atom stereocenters. The van der Waals surface area contributed by atoms with E-state index in [1.54, 1.807) is 11.1 Å². The maximum absolute atomic E-state index is 8.88. The quantitative estimate of drug-likeness (QED) is 0.0725. The van der Waals surface area contributed by atoms with Gasteiger partial charge < -0.3 is 29.4 Å². The Bertz CT molecular complexity index is 509. The molecule has 0 aromatic carbocycles. The molecule has 0 amide bonds. The molecule has 8 nitrogen and oxygen atoms in total. The Morgan fingerprint density at radius 2 is 0.625 bits per heavy atom. The summed E-state index contributed by atoms with van der Waals surface area (Å²) >= 11 is 29.4. The number of phosphoric acid groups is 2. The Morgan fingerprint density at radius 1 is 0.500 bits per heavy atom. The highest BCUT2D eigenvalue weighted by atomic mass is 79.9. The largest absolute Gasteiger partial charge is 0.466 e. The molecule has 32 heavy (non-hydrogen) atoms. The highest BCUT2D eigenvalue weighted by Crippen LogP contribution is 2.32. The number of hydrogen-bond acceptors (Lipinski definition) is 2. The summed E-state index contributed by atoms with van der Waals surface area (Å²) in [5.41, 5.74) is 3.14. The van der Waals surface area contributed by atoms with Gasteiger partial charge in [0.15, 0.2) is 0 Å². The van der Waals surface area contributed by atoms with E-state index in [9.17, 15) is 0 Å². The van der Waals surface area contributed by atoms with Crippen LogP contribution in [0.4, 0.5) is 0 Å². The second-order valence-corrected chi connectivity index (χ2v) is 15.9. The van der Waals surface area contributed by atoms with Gasteiger partial charge in [0.2, 0.25) is 0 Å². The lowest BCUT2D eigenvalue weighted by Crippen LogP contribution is -2.14. The standard InChI is InChI=1S/C14H20Br8.2H3O4P/c15-5-11(19)1-9(2-12(20)6-16)10(3-13(21)7-17)4-14(22)8-18;2*1-5(2,3)4/h11-14H,1-8H2;2*(H3,1,2,3,4). The molecule has 0 spiro atoms. The third-order valence-electron chi connectivity index (χ3n) is 3.04. The summed E-state index contributed by atoms with van der Waals surface area (Å²) in [5.74, 6) is 0. The maximum atomic E-state index is 8.88. The van der Waals surface area contributed by atoms with Gasteiger partial charge in [0, 0.05) is 40.6 Å². The fourth-order valence-electron chi connectivity index (χ4n) is 2.03. The van der Waals surface area contributed by atoms with Crippen molar-refractivity contribution < 1.29 is 38.5 Å². The minimum atomic E-state index is -4.64. The van der Waals surface area contributed by atoms with Crippen molar-refractivity contribution >= 4 is 143 Å². The van der Waals surface area contributed by atoms with Gasteiger partial charge in [-0.1, -0.05) is 139 Å². The van der Waals surface area contributed by atoms with Gasteiger partial charge in [-0.2, -0.15) is 0 Å². The van der Waals surface area contributed by atoms with E-state index in [2.05, 4.69) is 127 Å². The molecule has 0 aliphatic rings. The molecule has 0 aliphatic heterocycles. The first-order valence-electron chi connectivity index (χ1n) is 8.44. The molecule has 0 bridgehead atoms. The van der Waals surface area contributed by atoms with Crippen LogP contribution in [-0.4, -0.2) is 70.0 Å². The molecular formula is C14H26Br8O8P2. The Labute approximate surface area is 256 Å². The summed E-state index contributed by atoms with van der Waals surface area (Å²) in [6.07, 6.45) is 4.33. The smallest absolute Gasteiger partial charge is 0.303 e. The molecular weight excluding hydrogens is 997 g/mol. The van der Waals surface area contributed by atoms with Crippen LogP contribution < -0.4 is 0 Å². The molecule has 6 N–H and O–H groups in total. The lowest BCUT2D eigenvalue weighted by atomic mass is 9.93. The number of alkyl halides is 8. The van der Waals surface area contributed by atoms with Gasteiger partial charge in [0.1, 0.15) is 0 Å². The van der Waals surface area contributed by atoms with Gasteiger partial charge in [-0.15, -0.1) is 0 Å². The number of rotatable bonds is 12. The molecule has 0 aromatic rings. The number of halogens is 8. The van der Waals surface area contributed by atoms with E-state index in [1.807, 2.05) is 0 Å². The van der Waals surface area contributed by atoms with Gasteiger partial charge in [-0.25, -0.2) is 9.13 Å². The third kappa shape index (κ3) is 36.0. The first-order chi connectivity index (χ1) is 14.4. The Balaban J connectivity index is -0.000000695. The van der Waals surface area contributed by atoms with Crippen LogP contribution in [0.1, 0.15) is 25.7 Å². The van der Waals surface area contributed by atoms with Crippen LogP contribution >= 0.6 is 143 Å². The zero-order chi connectivity index (χ0) is 26.1. The Hall–Kier alpha value is 3.80. The molecule has 0 rings (SSSR count). The van der Waals surface area contributed by atoms with Crippen LogP contribution in [0.2, 0.25) is 0 Å². The van der Waals surface area contributed by atoms with Crippen molar-refractivity contribution in [3.8, 4) is 0 Å². The Morgan fingerprint density at radius 3 is 0.719 bits per heavy atom. The number of allylic oxidation sites excluding steroid dienone is 2. The zero-order valence-corrected chi connectivity index (χ0v) is 30.9.